The number of hydrogen-bond donors (Lipinski definition) is 1. The zero-order valence-corrected chi connectivity index (χ0v) is 18.4. The number of benzene rings is 2. The van der Waals surface area contributed by atoms with Crippen molar-refractivity contribution < 1.29 is 24.2 Å². The summed E-state index contributed by atoms with van der Waals surface area (Å²) < 4.78 is 5.73. The van der Waals surface area contributed by atoms with E-state index in [4.69, 9.17) is 4.74 Å². The number of ether oxygens (including phenoxy) is 1. The van der Waals surface area contributed by atoms with E-state index in [-0.39, 0.29) is 23.6 Å². The van der Waals surface area contributed by atoms with Crippen molar-refractivity contribution in [2.45, 2.75) is 37.3 Å². The minimum absolute atomic E-state index is 0.106. The van der Waals surface area contributed by atoms with Gasteiger partial charge in [-0.3, -0.25) is 14.5 Å². The molecule has 1 N–H and O–H groups in total. The Bertz CT molecular complexity index is 1060. The molecular formula is C25H27N3O5. The highest BCUT2D eigenvalue weighted by Gasteiger charge is 2.50. The normalized spacial score (nSPS) is 19.1. The zero-order valence-electron chi connectivity index (χ0n) is 18.4. The molecule has 2 saturated carbocycles. The van der Waals surface area contributed by atoms with Crippen molar-refractivity contribution in [1.82, 2.24) is 9.80 Å². The molecule has 8 nitrogen and oxygen atoms in total. The van der Waals surface area contributed by atoms with E-state index in [0.29, 0.717) is 44.6 Å². The first-order chi connectivity index (χ1) is 16.0. The van der Waals surface area contributed by atoms with E-state index >= 15 is 0 Å². The largest absolute Gasteiger partial charge is 0.420 e. The second kappa shape index (κ2) is 8.51. The molecule has 33 heavy (non-hydrogen) atoms. The van der Waals surface area contributed by atoms with Crippen molar-refractivity contribution >= 4 is 23.6 Å². The quantitative estimate of drug-likeness (QED) is 0.758. The van der Waals surface area contributed by atoms with E-state index in [0.717, 1.165) is 18.5 Å². The summed E-state index contributed by atoms with van der Waals surface area (Å²) in [5, 5.41) is 10.1. The third-order valence-electron chi connectivity index (χ3n) is 6.43. The third kappa shape index (κ3) is 4.43. The molecule has 2 aliphatic carbocycles. The monoisotopic (exact) mass is 449 g/mol. The summed E-state index contributed by atoms with van der Waals surface area (Å²) in [7, 11) is 0. The molecule has 0 aromatic heterocycles. The van der Waals surface area contributed by atoms with Crippen LogP contribution < -0.4 is 9.64 Å². The van der Waals surface area contributed by atoms with Crippen molar-refractivity contribution in [3.05, 3.63) is 60.2 Å². The molecule has 1 saturated heterocycles. The molecule has 3 aliphatic rings. The summed E-state index contributed by atoms with van der Waals surface area (Å²) in [5.74, 6) is -0.266. The molecule has 1 heterocycles. The number of aliphatic hydroxyl groups is 1. The Balaban J connectivity index is 1.27. The lowest BCUT2D eigenvalue weighted by Gasteiger charge is -2.36. The van der Waals surface area contributed by atoms with Crippen molar-refractivity contribution in [3.63, 3.8) is 0 Å². The fraction of sp³-hybridized carbons (Fsp3) is 0.400. The summed E-state index contributed by atoms with van der Waals surface area (Å²) in [4.78, 5) is 43.6. The van der Waals surface area contributed by atoms with Crippen LogP contribution in [0.1, 0.15) is 36.0 Å². The highest BCUT2D eigenvalue weighted by Crippen LogP contribution is 2.37. The summed E-state index contributed by atoms with van der Waals surface area (Å²) in [5.41, 5.74) is -0.110. The van der Waals surface area contributed by atoms with Crippen LogP contribution in [0, 0.1) is 0 Å². The highest BCUT2D eigenvalue weighted by molar-refractivity contribution is 5.99. The summed E-state index contributed by atoms with van der Waals surface area (Å²) in [6, 6.07) is 16.2. The number of anilines is 1. The van der Waals surface area contributed by atoms with E-state index in [1.165, 1.54) is 0 Å². The van der Waals surface area contributed by atoms with Crippen LogP contribution in [0.2, 0.25) is 0 Å². The van der Waals surface area contributed by atoms with Crippen LogP contribution in [-0.2, 0) is 4.79 Å². The molecule has 0 bridgehead atoms. The standard InChI is InChI=1S/C25H27N3O5/c29-22(26-14-16-27(17-15-26)23(30)25(32)12-13-25)20-8-4-5-9-21(20)33-24(31)28(19-10-11-19)18-6-2-1-3-7-18/h1-9,19,32H,10-17H2. The van der Waals surface area contributed by atoms with Gasteiger partial charge < -0.3 is 19.6 Å². The summed E-state index contributed by atoms with van der Waals surface area (Å²) in [6.45, 7) is 1.47. The number of hydrogen-bond acceptors (Lipinski definition) is 5. The molecule has 0 radical (unpaired) electrons. The van der Waals surface area contributed by atoms with Gasteiger partial charge in [-0.25, -0.2) is 4.79 Å². The van der Waals surface area contributed by atoms with Gasteiger partial charge >= 0.3 is 6.09 Å². The van der Waals surface area contributed by atoms with Gasteiger partial charge in [0.15, 0.2) is 0 Å². The molecule has 172 valence electrons. The minimum Gasteiger partial charge on any atom is -0.409 e. The molecule has 2 aromatic rings. The predicted octanol–water partition coefficient (Wildman–Crippen LogP) is 2.66. The Kier molecular flexibility index (Phi) is 5.54. The maximum atomic E-state index is 13.2. The number of carbonyl (C=O) groups is 3. The van der Waals surface area contributed by atoms with Crippen LogP contribution >= 0.6 is 0 Å². The number of piperazine rings is 1. The molecule has 0 unspecified atom stereocenters. The average molecular weight is 450 g/mol. The lowest BCUT2D eigenvalue weighted by Crippen LogP contribution is -2.53. The van der Waals surface area contributed by atoms with E-state index in [9.17, 15) is 19.5 Å². The first-order valence-corrected chi connectivity index (χ1v) is 11.4. The molecule has 8 heteroatoms. The van der Waals surface area contributed by atoms with Crippen LogP contribution in [-0.4, -0.2) is 70.6 Å². The zero-order chi connectivity index (χ0) is 23.0. The van der Waals surface area contributed by atoms with Gasteiger partial charge in [0.05, 0.1) is 5.56 Å². The maximum Gasteiger partial charge on any atom is 0.420 e. The van der Waals surface area contributed by atoms with Gasteiger partial charge in [0.25, 0.3) is 11.8 Å². The van der Waals surface area contributed by atoms with Crippen LogP contribution in [0.25, 0.3) is 0 Å². The molecular weight excluding hydrogens is 422 g/mol. The molecule has 3 fully saturated rings. The van der Waals surface area contributed by atoms with E-state index in [1.54, 1.807) is 39.0 Å². The van der Waals surface area contributed by atoms with Crippen LogP contribution in [0.5, 0.6) is 5.75 Å². The van der Waals surface area contributed by atoms with Gasteiger partial charge in [0, 0.05) is 37.9 Å². The SMILES string of the molecule is O=C(c1ccccc1OC(=O)N(c1ccccc1)C1CC1)N1CCN(C(=O)C2(O)CC2)CC1. The first-order valence-electron chi connectivity index (χ1n) is 11.4. The first kappa shape index (κ1) is 21.5. The Morgan fingerprint density at radius 1 is 0.879 bits per heavy atom. The number of amides is 3. The highest BCUT2D eigenvalue weighted by atomic mass is 16.6. The summed E-state index contributed by atoms with van der Waals surface area (Å²) in [6.07, 6.45) is 2.35. The van der Waals surface area contributed by atoms with Gasteiger partial charge in [0.1, 0.15) is 11.4 Å². The third-order valence-corrected chi connectivity index (χ3v) is 6.43. The van der Waals surface area contributed by atoms with Crippen LogP contribution in [0.15, 0.2) is 54.6 Å². The topological polar surface area (TPSA) is 90.4 Å². The number of carbonyl (C=O) groups excluding carboxylic acids is 3. The fourth-order valence-corrected chi connectivity index (χ4v) is 4.17. The molecule has 3 amide bonds. The predicted molar refractivity (Wildman–Crippen MR) is 121 cm³/mol. The van der Waals surface area contributed by atoms with Crippen LogP contribution in [0.3, 0.4) is 0 Å². The Morgan fingerprint density at radius 3 is 2.12 bits per heavy atom. The fourth-order valence-electron chi connectivity index (χ4n) is 4.17. The van der Waals surface area contributed by atoms with Gasteiger partial charge in [0.2, 0.25) is 0 Å². The number of para-hydroxylation sites is 2. The molecule has 1 aliphatic heterocycles. The van der Waals surface area contributed by atoms with Crippen molar-refractivity contribution in [2.75, 3.05) is 31.1 Å². The number of rotatable bonds is 5. The van der Waals surface area contributed by atoms with Gasteiger partial charge in [-0.15, -0.1) is 0 Å². The van der Waals surface area contributed by atoms with Gasteiger partial charge in [-0.2, -0.15) is 0 Å². The lowest BCUT2D eigenvalue weighted by molar-refractivity contribution is -0.143. The molecule has 0 spiro atoms. The Hall–Kier alpha value is -3.39. The Morgan fingerprint density at radius 2 is 1.48 bits per heavy atom. The minimum atomic E-state index is -1.20. The van der Waals surface area contributed by atoms with Crippen molar-refractivity contribution in [3.8, 4) is 5.75 Å². The second-order valence-corrected chi connectivity index (χ2v) is 8.92. The van der Waals surface area contributed by atoms with E-state index in [1.807, 2.05) is 30.3 Å². The second-order valence-electron chi connectivity index (χ2n) is 8.92. The lowest BCUT2D eigenvalue weighted by atomic mass is 10.1. The van der Waals surface area contributed by atoms with Crippen molar-refractivity contribution in [1.29, 1.82) is 0 Å². The Labute approximate surface area is 192 Å². The van der Waals surface area contributed by atoms with Crippen LogP contribution in [0.4, 0.5) is 10.5 Å². The van der Waals surface area contributed by atoms with Gasteiger partial charge in [-0.1, -0.05) is 30.3 Å². The molecule has 5 rings (SSSR count). The molecule has 0 atom stereocenters. The maximum absolute atomic E-state index is 13.2. The smallest absolute Gasteiger partial charge is 0.409 e. The van der Waals surface area contributed by atoms with E-state index in [2.05, 4.69) is 0 Å². The number of nitrogens with zero attached hydrogens (tertiary/aromatic N) is 3. The van der Waals surface area contributed by atoms with Crippen molar-refractivity contribution in [2.24, 2.45) is 0 Å². The van der Waals surface area contributed by atoms with Gasteiger partial charge in [-0.05, 0) is 49.9 Å². The van der Waals surface area contributed by atoms with E-state index < -0.39 is 11.7 Å². The average Bonchev–Trinajstić information content (AvgIpc) is 3.78. The summed E-state index contributed by atoms with van der Waals surface area (Å²) >= 11 is 0. The molecule has 2 aromatic carbocycles.